The lowest BCUT2D eigenvalue weighted by atomic mass is 10.0. The first-order valence-electron chi connectivity index (χ1n) is 7.00. The van der Waals surface area contributed by atoms with Gasteiger partial charge in [0.2, 0.25) is 5.91 Å². The lowest BCUT2D eigenvalue weighted by Gasteiger charge is -2.21. The van der Waals surface area contributed by atoms with Crippen molar-refractivity contribution in [3.05, 3.63) is 35.6 Å². The third-order valence-electron chi connectivity index (χ3n) is 3.99. The minimum Gasteiger partial charge on any atom is -0.352 e. The molecule has 0 bridgehead atoms. The van der Waals surface area contributed by atoms with E-state index in [1.54, 1.807) is 0 Å². The minimum atomic E-state index is -0.193. The van der Waals surface area contributed by atoms with Crippen LogP contribution >= 0.6 is 0 Å². The van der Waals surface area contributed by atoms with Gasteiger partial charge in [0.05, 0.1) is 0 Å². The number of carbonyl (C=O) groups excluding carboxylic acids is 1. The largest absolute Gasteiger partial charge is 0.352 e. The average Bonchev–Trinajstić information content (AvgIpc) is 3.15. The highest BCUT2D eigenvalue weighted by atomic mass is 19.1. The summed E-state index contributed by atoms with van der Waals surface area (Å²) in [7, 11) is 0. The second-order valence-electron chi connectivity index (χ2n) is 5.58. The Morgan fingerprint density at radius 3 is 2.58 bits per heavy atom. The zero-order valence-electron chi connectivity index (χ0n) is 10.9. The predicted octanol–water partition coefficient (Wildman–Crippen LogP) is 2.15. The molecule has 102 valence electrons. The zero-order valence-corrected chi connectivity index (χ0v) is 10.9. The van der Waals surface area contributed by atoms with Gasteiger partial charge in [0, 0.05) is 25.0 Å². The van der Waals surface area contributed by atoms with Crippen molar-refractivity contribution in [2.24, 2.45) is 5.92 Å². The molecule has 2 N–H and O–H groups in total. The molecule has 0 aromatic heterocycles. The van der Waals surface area contributed by atoms with Crippen LogP contribution in [0.25, 0.3) is 0 Å². The van der Waals surface area contributed by atoms with Crippen molar-refractivity contribution in [1.82, 2.24) is 10.6 Å². The lowest BCUT2D eigenvalue weighted by molar-refractivity contribution is -0.119. The van der Waals surface area contributed by atoms with Crippen molar-refractivity contribution in [2.75, 3.05) is 6.54 Å². The summed E-state index contributed by atoms with van der Waals surface area (Å²) >= 11 is 0. The average molecular weight is 262 g/mol. The van der Waals surface area contributed by atoms with Crippen LogP contribution in [0.4, 0.5) is 4.39 Å². The molecule has 1 aromatic rings. The molecular formula is C15H19FN2O. The predicted molar refractivity (Wildman–Crippen MR) is 71.0 cm³/mol. The summed E-state index contributed by atoms with van der Waals surface area (Å²) in [5.41, 5.74) is 1.15. The van der Waals surface area contributed by atoms with Crippen LogP contribution in [0.1, 0.15) is 37.3 Å². The molecule has 2 aliphatic rings. The Hall–Kier alpha value is -1.42. The molecule has 2 fully saturated rings. The highest BCUT2D eigenvalue weighted by molar-refractivity contribution is 5.78. The van der Waals surface area contributed by atoms with Gasteiger partial charge in [-0.15, -0.1) is 0 Å². The Kier molecular flexibility index (Phi) is 3.51. The molecule has 1 amide bonds. The van der Waals surface area contributed by atoms with Gasteiger partial charge in [0.25, 0.3) is 0 Å². The summed E-state index contributed by atoms with van der Waals surface area (Å²) in [4.78, 5) is 11.2. The fourth-order valence-electron chi connectivity index (χ4n) is 2.76. The molecule has 3 rings (SSSR count). The van der Waals surface area contributed by atoms with E-state index < -0.39 is 0 Å². The van der Waals surface area contributed by atoms with Crippen LogP contribution in [0.15, 0.2) is 24.3 Å². The van der Waals surface area contributed by atoms with Crippen LogP contribution in [-0.2, 0) is 4.79 Å². The monoisotopic (exact) mass is 262 g/mol. The molecule has 19 heavy (non-hydrogen) atoms. The third kappa shape index (κ3) is 3.13. The summed E-state index contributed by atoms with van der Waals surface area (Å²) in [6.45, 7) is 0.796. The van der Waals surface area contributed by atoms with Crippen molar-refractivity contribution < 1.29 is 9.18 Å². The van der Waals surface area contributed by atoms with E-state index in [9.17, 15) is 9.18 Å². The minimum absolute atomic E-state index is 0.150. The van der Waals surface area contributed by atoms with Crippen molar-refractivity contribution in [3.63, 3.8) is 0 Å². The summed E-state index contributed by atoms with van der Waals surface area (Å²) in [5, 5.41) is 6.51. The van der Waals surface area contributed by atoms with E-state index in [4.69, 9.17) is 0 Å². The maximum atomic E-state index is 13.0. The first kappa shape index (κ1) is 12.6. The van der Waals surface area contributed by atoms with E-state index in [1.807, 2.05) is 12.1 Å². The summed E-state index contributed by atoms with van der Waals surface area (Å²) in [6, 6.07) is 7.29. The Bertz CT molecular complexity index is 456. The van der Waals surface area contributed by atoms with E-state index in [1.165, 1.54) is 25.0 Å². The molecule has 4 heteroatoms. The summed E-state index contributed by atoms with van der Waals surface area (Å²) in [6.07, 6.45) is 4.00. The molecule has 3 nitrogen and oxygen atoms in total. The quantitative estimate of drug-likeness (QED) is 0.853. The highest BCUT2D eigenvalue weighted by Gasteiger charge is 2.33. The number of rotatable bonds is 5. The fraction of sp³-hybridized carbons (Fsp3) is 0.533. The fourth-order valence-corrected chi connectivity index (χ4v) is 2.76. The van der Waals surface area contributed by atoms with Gasteiger partial charge in [0.15, 0.2) is 0 Å². The van der Waals surface area contributed by atoms with Crippen molar-refractivity contribution in [1.29, 1.82) is 0 Å². The number of carbonyl (C=O) groups is 1. The standard InChI is InChI=1S/C15H19FN2O/c16-12-5-3-11(4-6-12)15(10-1-2-10)17-9-13-7-8-14(19)18-13/h3-6,10,13,15,17H,1-2,7-9H2,(H,18,19). The molecule has 2 unspecified atom stereocenters. The van der Waals surface area contributed by atoms with Crippen LogP contribution in [-0.4, -0.2) is 18.5 Å². The first-order valence-corrected chi connectivity index (χ1v) is 7.00. The molecule has 1 saturated carbocycles. The van der Waals surface area contributed by atoms with Crippen LogP contribution in [0.3, 0.4) is 0 Å². The first-order chi connectivity index (χ1) is 9.22. The Morgan fingerprint density at radius 1 is 1.26 bits per heavy atom. The maximum absolute atomic E-state index is 13.0. The van der Waals surface area contributed by atoms with E-state index >= 15 is 0 Å². The summed E-state index contributed by atoms with van der Waals surface area (Å²) in [5.74, 6) is 0.612. The van der Waals surface area contributed by atoms with E-state index in [0.29, 0.717) is 12.3 Å². The second-order valence-corrected chi connectivity index (χ2v) is 5.58. The molecule has 1 aromatic carbocycles. The van der Waals surface area contributed by atoms with E-state index in [2.05, 4.69) is 10.6 Å². The molecule has 0 spiro atoms. The molecular weight excluding hydrogens is 243 g/mol. The normalized spacial score (nSPS) is 24.3. The molecule has 1 aliphatic carbocycles. The third-order valence-corrected chi connectivity index (χ3v) is 3.99. The summed E-state index contributed by atoms with van der Waals surface area (Å²) < 4.78 is 13.0. The number of nitrogens with one attached hydrogen (secondary N) is 2. The van der Waals surface area contributed by atoms with Gasteiger partial charge in [-0.25, -0.2) is 4.39 Å². The molecule has 2 atom stereocenters. The maximum Gasteiger partial charge on any atom is 0.220 e. The van der Waals surface area contributed by atoms with Crippen LogP contribution in [0, 0.1) is 11.7 Å². The van der Waals surface area contributed by atoms with Gasteiger partial charge in [-0.05, 0) is 42.9 Å². The number of halogens is 1. The Labute approximate surface area is 112 Å². The smallest absolute Gasteiger partial charge is 0.220 e. The zero-order chi connectivity index (χ0) is 13.2. The number of hydrogen-bond donors (Lipinski definition) is 2. The van der Waals surface area contributed by atoms with Crippen LogP contribution < -0.4 is 10.6 Å². The highest BCUT2D eigenvalue weighted by Crippen LogP contribution is 2.41. The van der Waals surface area contributed by atoms with Crippen LogP contribution in [0.2, 0.25) is 0 Å². The van der Waals surface area contributed by atoms with Gasteiger partial charge in [-0.1, -0.05) is 12.1 Å². The van der Waals surface area contributed by atoms with Gasteiger partial charge in [0.1, 0.15) is 5.82 Å². The lowest BCUT2D eigenvalue weighted by Crippen LogP contribution is -2.37. The van der Waals surface area contributed by atoms with Gasteiger partial charge in [-0.2, -0.15) is 0 Å². The molecule has 1 saturated heterocycles. The van der Waals surface area contributed by atoms with Crippen molar-refractivity contribution in [2.45, 2.75) is 37.8 Å². The Morgan fingerprint density at radius 2 is 2.00 bits per heavy atom. The molecule has 1 aliphatic heterocycles. The van der Waals surface area contributed by atoms with Crippen molar-refractivity contribution >= 4 is 5.91 Å². The molecule has 0 radical (unpaired) electrons. The number of hydrogen-bond acceptors (Lipinski definition) is 2. The Balaban J connectivity index is 1.61. The second kappa shape index (κ2) is 5.29. The topological polar surface area (TPSA) is 41.1 Å². The van der Waals surface area contributed by atoms with Crippen LogP contribution in [0.5, 0.6) is 0 Å². The molecule has 1 heterocycles. The number of benzene rings is 1. The van der Waals surface area contributed by atoms with Crippen molar-refractivity contribution in [3.8, 4) is 0 Å². The van der Waals surface area contributed by atoms with E-state index in [-0.39, 0.29) is 23.8 Å². The van der Waals surface area contributed by atoms with Gasteiger partial charge < -0.3 is 10.6 Å². The van der Waals surface area contributed by atoms with Gasteiger partial charge >= 0.3 is 0 Å². The van der Waals surface area contributed by atoms with E-state index in [0.717, 1.165) is 18.5 Å². The number of amides is 1. The van der Waals surface area contributed by atoms with Gasteiger partial charge in [-0.3, -0.25) is 4.79 Å². The SMILES string of the molecule is O=C1CCC(CNC(c2ccc(F)cc2)C2CC2)N1.